The van der Waals surface area contributed by atoms with E-state index in [1.54, 1.807) is 23.0 Å². The van der Waals surface area contributed by atoms with E-state index in [4.69, 9.17) is 16.3 Å². The maximum absolute atomic E-state index is 12.2. The minimum Gasteiger partial charge on any atom is -0.452 e. The first-order valence-electron chi connectivity index (χ1n) is 8.41. The van der Waals surface area contributed by atoms with Gasteiger partial charge in [0.05, 0.1) is 18.3 Å². The van der Waals surface area contributed by atoms with Crippen LogP contribution >= 0.6 is 27.5 Å². The smallest absolute Gasteiger partial charge is 0.341 e. The second kappa shape index (κ2) is 9.03. The molecular formula is C20H17BrClN3O3. The van der Waals surface area contributed by atoms with Gasteiger partial charge in [0.15, 0.2) is 6.61 Å². The third-order valence-corrected chi connectivity index (χ3v) is 4.82. The molecule has 0 fully saturated rings. The van der Waals surface area contributed by atoms with E-state index >= 15 is 0 Å². The van der Waals surface area contributed by atoms with Crippen molar-refractivity contribution in [3.8, 4) is 0 Å². The van der Waals surface area contributed by atoms with Crippen LogP contribution in [0.4, 0.5) is 5.69 Å². The SMILES string of the molecule is Cc1cc(Br)ccc1NC(=O)COC(=O)c1cnn(Cc2ccccc2Cl)c1. The fourth-order valence-corrected chi connectivity index (χ4v) is 3.20. The lowest BCUT2D eigenvalue weighted by molar-refractivity contribution is -0.119. The number of aromatic nitrogens is 2. The first-order chi connectivity index (χ1) is 13.4. The molecule has 0 radical (unpaired) electrons. The van der Waals surface area contributed by atoms with Crippen molar-refractivity contribution in [2.75, 3.05) is 11.9 Å². The average Bonchev–Trinajstić information content (AvgIpc) is 3.13. The van der Waals surface area contributed by atoms with Crippen molar-refractivity contribution in [1.82, 2.24) is 9.78 Å². The number of anilines is 1. The molecule has 1 amide bonds. The Hall–Kier alpha value is -2.64. The van der Waals surface area contributed by atoms with Crippen molar-refractivity contribution in [3.63, 3.8) is 0 Å². The summed E-state index contributed by atoms with van der Waals surface area (Å²) in [5, 5.41) is 7.48. The molecule has 0 saturated carbocycles. The Morgan fingerprint density at radius 1 is 1.25 bits per heavy atom. The van der Waals surface area contributed by atoms with Gasteiger partial charge in [-0.3, -0.25) is 9.48 Å². The van der Waals surface area contributed by atoms with Crippen LogP contribution in [0.3, 0.4) is 0 Å². The van der Waals surface area contributed by atoms with E-state index in [1.807, 2.05) is 37.3 Å². The van der Waals surface area contributed by atoms with E-state index in [2.05, 4.69) is 26.3 Å². The molecule has 0 aliphatic carbocycles. The number of halogens is 2. The molecule has 0 aliphatic rings. The van der Waals surface area contributed by atoms with Crippen LogP contribution in [0.1, 0.15) is 21.5 Å². The van der Waals surface area contributed by atoms with E-state index in [0.717, 1.165) is 15.6 Å². The number of hydrogen-bond donors (Lipinski definition) is 1. The van der Waals surface area contributed by atoms with E-state index in [9.17, 15) is 9.59 Å². The Labute approximate surface area is 175 Å². The summed E-state index contributed by atoms with van der Waals surface area (Å²) in [5.74, 6) is -1.03. The molecular weight excluding hydrogens is 446 g/mol. The van der Waals surface area contributed by atoms with Crippen LogP contribution in [-0.2, 0) is 16.1 Å². The van der Waals surface area contributed by atoms with Crippen molar-refractivity contribution in [2.45, 2.75) is 13.5 Å². The highest BCUT2D eigenvalue weighted by Gasteiger charge is 2.14. The number of amides is 1. The van der Waals surface area contributed by atoms with Gasteiger partial charge in [0.2, 0.25) is 0 Å². The van der Waals surface area contributed by atoms with E-state index in [-0.39, 0.29) is 12.2 Å². The van der Waals surface area contributed by atoms with Gasteiger partial charge in [0.1, 0.15) is 0 Å². The van der Waals surface area contributed by atoms with Crippen LogP contribution < -0.4 is 5.32 Å². The average molecular weight is 463 g/mol. The van der Waals surface area contributed by atoms with Gasteiger partial charge in [-0.15, -0.1) is 0 Å². The molecule has 1 N–H and O–H groups in total. The molecule has 8 heteroatoms. The molecule has 1 aromatic heterocycles. The maximum Gasteiger partial charge on any atom is 0.341 e. The molecule has 1 heterocycles. The van der Waals surface area contributed by atoms with Gasteiger partial charge < -0.3 is 10.1 Å². The number of aryl methyl sites for hydroxylation is 1. The van der Waals surface area contributed by atoms with Crippen LogP contribution in [0, 0.1) is 6.92 Å². The highest BCUT2D eigenvalue weighted by Crippen LogP contribution is 2.20. The largest absolute Gasteiger partial charge is 0.452 e. The van der Waals surface area contributed by atoms with Crippen molar-refractivity contribution in [2.24, 2.45) is 0 Å². The predicted molar refractivity (Wildman–Crippen MR) is 111 cm³/mol. The molecule has 3 rings (SSSR count). The summed E-state index contributed by atoms with van der Waals surface area (Å²) in [7, 11) is 0. The number of nitrogens with zero attached hydrogens (tertiary/aromatic N) is 2. The number of nitrogens with one attached hydrogen (secondary N) is 1. The number of rotatable bonds is 6. The third-order valence-electron chi connectivity index (χ3n) is 3.96. The first kappa shape index (κ1) is 20.1. The van der Waals surface area contributed by atoms with Gasteiger partial charge in [-0.05, 0) is 42.3 Å². The number of ether oxygens (including phenoxy) is 1. The molecule has 6 nitrogen and oxygen atoms in total. The number of carbonyl (C=O) groups is 2. The number of hydrogen-bond acceptors (Lipinski definition) is 4. The Kier molecular flexibility index (Phi) is 6.49. The molecule has 144 valence electrons. The first-order valence-corrected chi connectivity index (χ1v) is 9.58. The van der Waals surface area contributed by atoms with Crippen LogP contribution in [0.15, 0.2) is 59.3 Å². The van der Waals surface area contributed by atoms with Gasteiger partial charge in [-0.1, -0.05) is 45.7 Å². The molecule has 0 atom stereocenters. The van der Waals surface area contributed by atoms with Crippen molar-refractivity contribution >= 4 is 45.1 Å². The fourth-order valence-electron chi connectivity index (χ4n) is 2.52. The minimum atomic E-state index is -0.618. The zero-order valence-corrected chi connectivity index (χ0v) is 17.3. The highest BCUT2D eigenvalue weighted by molar-refractivity contribution is 9.10. The van der Waals surface area contributed by atoms with Crippen LogP contribution in [0.5, 0.6) is 0 Å². The highest BCUT2D eigenvalue weighted by atomic mass is 79.9. The van der Waals surface area contributed by atoms with Gasteiger partial charge in [0.25, 0.3) is 5.91 Å². The predicted octanol–water partition coefficient (Wildman–Crippen LogP) is 4.45. The Morgan fingerprint density at radius 2 is 2.04 bits per heavy atom. The zero-order chi connectivity index (χ0) is 20.1. The second-order valence-electron chi connectivity index (χ2n) is 6.10. The summed E-state index contributed by atoms with van der Waals surface area (Å²) < 4.78 is 7.58. The molecule has 0 bridgehead atoms. The van der Waals surface area contributed by atoms with Gasteiger partial charge in [0, 0.05) is 21.4 Å². The van der Waals surface area contributed by atoms with E-state index in [0.29, 0.717) is 17.3 Å². The van der Waals surface area contributed by atoms with Crippen molar-refractivity contribution in [1.29, 1.82) is 0 Å². The minimum absolute atomic E-state index is 0.264. The standard InChI is InChI=1S/C20H17BrClN3O3/c1-13-8-16(21)6-7-18(13)24-19(26)12-28-20(27)15-9-23-25(11-15)10-14-4-2-3-5-17(14)22/h2-9,11H,10,12H2,1H3,(H,24,26). The normalized spacial score (nSPS) is 10.5. The molecule has 0 aliphatic heterocycles. The summed E-state index contributed by atoms with van der Waals surface area (Å²) in [6.45, 7) is 1.92. The van der Waals surface area contributed by atoms with Crippen molar-refractivity contribution in [3.05, 3.63) is 81.0 Å². The summed E-state index contributed by atoms with van der Waals surface area (Å²) in [4.78, 5) is 24.2. The molecule has 2 aromatic carbocycles. The number of carbonyl (C=O) groups excluding carboxylic acids is 2. The van der Waals surface area contributed by atoms with Gasteiger partial charge in [-0.2, -0.15) is 5.10 Å². The lowest BCUT2D eigenvalue weighted by atomic mass is 10.2. The van der Waals surface area contributed by atoms with Crippen molar-refractivity contribution < 1.29 is 14.3 Å². The van der Waals surface area contributed by atoms with Gasteiger partial charge in [-0.25, -0.2) is 4.79 Å². The monoisotopic (exact) mass is 461 g/mol. The number of benzene rings is 2. The molecule has 0 spiro atoms. The lowest BCUT2D eigenvalue weighted by Crippen LogP contribution is -2.21. The third kappa shape index (κ3) is 5.21. The molecule has 28 heavy (non-hydrogen) atoms. The topological polar surface area (TPSA) is 73.2 Å². The van der Waals surface area contributed by atoms with Gasteiger partial charge >= 0.3 is 5.97 Å². The summed E-state index contributed by atoms with van der Waals surface area (Å²) in [5.41, 5.74) is 2.71. The molecule has 0 unspecified atom stereocenters. The Bertz CT molecular complexity index is 1020. The molecule has 3 aromatic rings. The van der Waals surface area contributed by atoms with E-state index in [1.165, 1.54) is 6.20 Å². The zero-order valence-electron chi connectivity index (χ0n) is 15.0. The maximum atomic E-state index is 12.2. The number of esters is 1. The summed E-state index contributed by atoms with van der Waals surface area (Å²) >= 11 is 9.50. The summed E-state index contributed by atoms with van der Waals surface area (Å²) in [6, 6.07) is 12.9. The fraction of sp³-hybridized carbons (Fsp3) is 0.150. The Balaban J connectivity index is 1.54. The summed E-state index contributed by atoms with van der Waals surface area (Å²) in [6.07, 6.45) is 2.96. The lowest BCUT2D eigenvalue weighted by Gasteiger charge is -2.09. The van der Waals surface area contributed by atoms with Crippen LogP contribution in [0.2, 0.25) is 5.02 Å². The van der Waals surface area contributed by atoms with Crippen LogP contribution in [0.25, 0.3) is 0 Å². The molecule has 0 saturated heterocycles. The Morgan fingerprint density at radius 3 is 2.79 bits per heavy atom. The second-order valence-corrected chi connectivity index (χ2v) is 7.42. The quantitative estimate of drug-likeness (QED) is 0.549. The van der Waals surface area contributed by atoms with Crippen LogP contribution in [-0.4, -0.2) is 28.3 Å². The van der Waals surface area contributed by atoms with E-state index < -0.39 is 11.9 Å².